The molecule has 5 aromatic heterocycles. The second-order valence-electron chi connectivity index (χ2n) is 10.5. The molecule has 0 bridgehead atoms. The second kappa shape index (κ2) is 9.73. The van der Waals surface area contributed by atoms with Crippen LogP contribution in [0.1, 0.15) is 25.7 Å². The van der Waals surface area contributed by atoms with Gasteiger partial charge in [0.2, 0.25) is 5.91 Å². The third-order valence-electron chi connectivity index (χ3n) is 7.88. The smallest absolute Gasteiger partial charge is 0.227 e. The number of aromatic nitrogens is 7. The highest BCUT2D eigenvalue weighted by molar-refractivity contribution is 5.97. The van der Waals surface area contributed by atoms with Crippen molar-refractivity contribution in [2.45, 2.75) is 25.7 Å². The summed E-state index contributed by atoms with van der Waals surface area (Å²) in [6.45, 7) is 3.82. The molecule has 1 amide bonds. The van der Waals surface area contributed by atoms with Crippen LogP contribution in [0.25, 0.3) is 44.7 Å². The molecule has 5 aromatic rings. The minimum atomic E-state index is 0.0716. The van der Waals surface area contributed by atoms with E-state index in [1.165, 1.54) is 0 Å². The Hall–Kier alpha value is -4.38. The molecule has 0 radical (unpaired) electrons. The van der Waals surface area contributed by atoms with E-state index < -0.39 is 0 Å². The number of hydrogen-bond donors (Lipinski definition) is 3. The van der Waals surface area contributed by atoms with Crippen LogP contribution in [0.4, 0.5) is 11.5 Å². The number of aromatic amines is 2. The molecule has 7 rings (SSSR count). The highest BCUT2D eigenvalue weighted by atomic mass is 16.1. The van der Waals surface area contributed by atoms with Gasteiger partial charge < -0.3 is 20.1 Å². The Bertz CT molecular complexity index is 1660. The predicted octanol–water partition coefficient (Wildman–Crippen LogP) is 3.84. The van der Waals surface area contributed by atoms with Crippen molar-refractivity contribution in [1.29, 1.82) is 0 Å². The third-order valence-corrected chi connectivity index (χ3v) is 7.88. The molecule has 1 aliphatic carbocycles. The van der Waals surface area contributed by atoms with Crippen molar-refractivity contribution in [3.8, 4) is 22.8 Å². The molecular weight excluding hydrogens is 492 g/mol. The van der Waals surface area contributed by atoms with E-state index in [0.717, 1.165) is 90.9 Å². The Morgan fingerprint density at radius 2 is 1.87 bits per heavy atom. The number of likely N-dealkylation sites (N-methyl/N-ethyl adjacent to an activating group) is 1. The number of nitrogens with one attached hydrogen (secondary N) is 3. The van der Waals surface area contributed by atoms with Crippen molar-refractivity contribution in [3.05, 3.63) is 43.0 Å². The van der Waals surface area contributed by atoms with Crippen molar-refractivity contribution < 1.29 is 4.79 Å². The van der Waals surface area contributed by atoms with E-state index in [-0.39, 0.29) is 11.8 Å². The first-order chi connectivity index (χ1) is 19.1. The summed E-state index contributed by atoms with van der Waals surface area (Å²) in [5.41, 5.74) is 5.54. The third kappa shape index (κ3) is 4.48. The van der Waals surface area contributed by atoms with Gasteiger partial charge in [0.05, 0.1) is 34.8 Å². The first-order valence-corrected chi connectivity index (χ1v) is 13.5. The summed E-state index contributed by atoms with van der Waals surface area (Å²) >= 11 is 0. The molecule has 1 saturated carbocycles. The summed E-state index contributed by atoms with van der Waals surface area (Å²) < 4.78 is 0. The lowest BCUT2D eigenvalue weighted by Crippen LogP contribution is -2.44. The van der Waals surface area contributed by atoms with Gasteiger partial charge in [0.15, 0.2) is 11.6 Å². The number of H-pyrrole nitrogens is 2. The predicted molar refractivity (Wildman–Crippen MR) is 150 cm³/mol. The fourth-order valence-electron chi connectivity index (χ4n) is 5.62. The van der Waals surface area contributed by atoms with E-state index in [1.807, 2.05) is 24.4 Å². The van der Waals surface area contributed by atoms with Gasteiger partial charge in [-0.05, 0) is 38.1 Å². The molecule has 0 spiro atoms. The maximum Gasteiger partial charge on any atom is 0.227 e. The number of carbonyl (C=O) groups excluding carboxylic acids is 1. The van der Waals surface area contributed by atoms with Crippen molar-refractivity contribution in [3.63, 3.8) is 0 Å². The summed E-state index contributed by atoms with van der Waals surface area (Å²) in [7, 11) is 2.14. The molecule has 0 aromatic carbocycles. The molecule has 198 valence electrons. The number of amides is 1. The zero-order chi connectivity index (χ0) is 26.3. The van der Waals surface area contributed by atoms with E-state index in [0.29, 0.717) is 17.2 Å². The van der Waals surface area contributed by atoms with E-state index >= 15 is 0 Å². The summed E-state index contributed by atoms with van der Waals surface area (Å²) in [6.07, 6.45) is 11.2. The molecule has 3 N–H and O–H groups in total. The fourth-order valence-corrected chi connectivity index (χ4v) is 5.62. The lowest BCUT2D eigenvalue weighted by atomic mass is 10.1. The van der Waals surface area contributed by atoms with Crippen molar-refractivity contribution in [2.75, 3.05) is 43.4 Å². The lowest BCUT2D eigenvalue weighted by molar-refractivity contribution is -0.119. The van der Waals surface area contributed by atoms with Gasteiger partial charge in [0.25, 0.3) is 0 Å². The normalized spacial score (nSPS) is 16.9. The number of fused-ring (bicyclic) bond motifs is 2. The van der Waals surface area contributed by atoms with Crippen LogP contribution in [0.5, 0.6) is 0 Å². The molecule has 2 aliphatic rings. The van der Waals surface area contributed by atoms with E-state index in [9.17, 15) is 4.79 Å². The first-order valence-electron chi connectivity index (χ1n) is 13.5. The fraction of sp³-hybridized carbons (Fsp3) is 0.357. The summed E-state index contributed by atoms with van der Waals surface area (Å²) in [6, 6.07) is 5.85. The summed E-state index contributed by atoms with van der Waals surface area (Å²) in [5.74, 6) is 1.73. The Kier molecular flexibility index (Phi) is 5.92. The Morgan fingerprint density at radius 3 is 2.72 bits per heavy atom. The van der Waals surface area contributed by atoms with E-state index in [1.54, 1.807) is 18.6 Å². The average Bonchev–Trinajstić information content (AvgIpc) is 3.73. The molecule has 0 atom stereocenters. The van der Waals surface area contributed by atoms with Crippen molar-refractivity contribution in [1.82, 2.24) is 40.0 Å². The number of imidazole rings is 1. The van der Waals surface area contributed by atoms with Crippen LogP contribution < -0.4 is 10.2 Å². The van der Waals surface area contributed by atoms with Gasteiger partial charge in [-0.1, -0.05) is 12.8 Å². The standard InChI is InChI=1S/C28H30N10O/c1-37-8-10-38(11-9-37)27-25-21(6-7-30-27)33-26(34-25)24-20-13-22(31-16-23(20)35-36-24)18-12-19(15-29-14-18)32-28(39)17-4-2-3-5-17/h6-7,12-17H,2-5,8-11H2,1H3,(H,32,39)(H,33,34)(H,35,36). The maximum absolute atomic E-state index is 12.6. The van der Waals surface area contributed by atoms with Crippen LogP contribution in [-0.4, -0.2) is 79.2 Å². The maximum atomic E-state index is 12.6. The number of nitrogens with zero attached hydrogens (tertiary/aromatic N) is 7. The number of rotatable bonds is 5. The Morgan fingerprint density at radius 1 is 1.03 bits per heavy atom. The van der Waals surface area contributed by atoms with Gasteiger partial charge >= 0.3 is 0 Å². The quantitative estimate of drug-likeness (QED) is 0.317. The van der Waals surface area contributed by atoms with Gasteiger partial charge in [0, 0.05) is 55.4 Å². The highest BCUT2D eigenvalue weighted by Gasteiger charge is 2.23. The molecule has 6 heterocycles. The lowest BCUT2D eigenvalue weighted by Gasteiger charge is -2.33. The topological polar surface area (TPSA) is 132 Å². The number of hydrogen-bond acceptors (Lipinski definition) is 8. The highest BCUT2D eigenvalue weighted by Crippen LogP contribution is 2.32. The molecule has 11 heteroatoms. The van der Waals surface area contributed by atoms with Gasteiger partial charge in [-0.25, -0.2) is 9.97 Å². The number of pyridine rings is 3. The minimum absolute atomic E-state index is 0.0716. The van der Waals surface area contributed by atoms with Crippen LogP contribution in [-0.2, 0) is 4.79 Å². The van der Waals surface area contributed by atoms with Crippen LogP contribution >= 0.6 is 0 Å². The molecule has 1 aliphatic heterocycles. The molecular formula is C28H30N10O. The largest absolute Gasteiger partial charge is 0.352 e. The molecule has 1 saturated heterocycles. The number of carbonyl (C=O) groups is 1. The minimum Gasteiger partial charge on any atom is -0.352 e. The number of anilines is 2. The van der Waals surface area contributed by atoms with Gasteiger partial charge in [-0.3, -0.25) is 19.9 Å². The van der Waals surface area contributed by atoms with Crippen LogP contribution in [0.2, 0.25) is 0 Å². The molecule has 11 nitrogen and oxygen atoms in total. The Balaban J connectivity index is 1.21. The average molecular weight is 523 g/mol. The zero-order valence-electron chi connectivity index (χ0n) is 21.8. The first kappa shape index (κ1) is 23.7. The van der Waals surface area contributed by atoms with Crippen molar-refractivity contribution in [2.24, 2.45) is 5.92 Å². The Labute approximate surface area is 225 Å². The molecule has 39 heavy (non-hydrogen) atoms. The van der Waals surface area contributed by atoms with Crippen LogP contribution in [0, 0.1) is 5.92 Å². The van der Waals surface area contributed by atoms with Gasteiger partial charge in [0.1, 0.15) is 11.2 Å². The monoisotopic (exact) mass is 522 g/mol. The summed E-state index contributed by atoms with van der Waals surface area (Å²) in [4.78, 5) is 39.3. The van der Waals surface area contributed by atoms with Gasteiger partial charge in [-0.15, -0.1) is 0 Å². The summed E-state index contributed by atoms with van der Waals surface area (Å²) in [5, 5.41) is 11.6. The SMILES string of the molecule is CN1CCN(c2nccc3[nH]c(-c4n[nH]c5cnc(-c6cncc(NC(=O)C7CCCC7)c6)cc45)nc23)CC1. The van der Waals surface area contributed by atoms with Gasteiger partial charge in [-0.2, -0.15) is 5.10 Å². The van der Waals surface area contributed by atoms with E-state index in [4.69, 9.17) is 4.98 Å². The van der Waals surface area contributed by atoms with Crippen LogP contribution in [0.15, 0.2) is 43.0 Å². The molecule has 0 unspecified atom stereocenters. The second-order valence-corrected chi connectivity index (χ2v) is 10.5. The number of piperazine rings is 1. The van der Waals surface area contributed by atoms with Crippen LogP contribution in [0.3, 0.4) is 0 Å². The van der Waals surface area contributed by atoms with Crippen molar-refractivity contribution >= 4 is 39.3 Å². The molecule has 2 fully saturated rings. The van der Waals surface area contributed by atoms with E-state index in [2.05, 4.69) is 52.3 Å². The zero-order valence-corrected chi connectivity index (χ0v) is 21.8.